The zero-order valence-electron chi connectivity index (χ0n) is 18.0. The fourth-order valence-electron chi connectivity index (χ4n) is 3.17. The zero-order chi connectivity index (χ0) is 21.7. The van der Waals surface area contributed by atoms with Crippen LogP contribution in [-0.4, -0.2) is 61.8 Å². The summed E-state index contributed by atoms with van der Waals surface area (Å²) in [5, 5.41) is 11.9. The Bertz CT molecular complexity index is 631. The number of nitrogens with zero attached hydrogens (tertiary/aromatic N) is 1. The van der Waals surface area contributed by atoms with Crippen LogP contribution < -0.4 is 5.32 Å². The molecule has 0 unspecified atom stereocenters. The SMILES string of the molecule is C[N+](C)(C)C[C@@H](CC(=O)O)NC(=O)CCCCCCCOCc1cccc(F)c1. The van der Waals surface area contributed by atoms with Crippen LogP contribution >= 0.6 is 0 Å². The summed E-state index contributed by atoms with van der Waals surface area (Å²) < 4.78 is 19.2. The average molecular weight is 412 g/mol. The fraction of sp³-hybridized carbons (Fsp3) is 0.636. The molecule has 0 radical (unpaired) electrons. The maximum atomic E-state index is 13.1. The number of carbonyl (C=O) groups excluding carboxylic acids is 1. The van der Waals surface area contributed by atoms with Crippen LogP contribution in [0.25, 0.3) is 0 Å². The van der Waals surface area contributed by atoms with Crippen molar-refractivity contribution in [3.8, 4) is 0 Å². The summed E-state index contributed by atoms with van der Waals surface area (Å²) in [4.78, 5) is 23.1. The monoisotopic (exact) mass is 411 g/mol. The highest BCUT2D eigenvalue weighted by molar-refractivity contribution is 5.77. The van der Waals surface area contributed by atoms with E-state index in [0.717, 1.165) is 37.7 Å². The van der Waals surface area contributed by atoms with E-state index >= 15 is 0 Å². The van der Waals surface area contributed by atoms with Gasteiger partial charge in [-0.25, -0.2) is 4.39 Å². The van der Waals surface area contributed by atoms with Gasteiger partial charge in [0, 0.05) is 13.0 Å². The van der Waals surface area contributed by atoms with Gasteiger partial charge < -0.3 is 19.6 Å². The highest BCUT2D eigenvalue weighted by Crippen LogP contribution is 2.09. The van der Waals surface area contributed by atoms with E-state index in [1.807, 2.05) is 27.2 Å². The number of carboxylic acids is 1. The van der Waals surface area contributed by atoms with Crippen LogP contribution in [0.3, 0.4) is 0 Å². The topological polar surface area (TPSA) is 75.6 Å². The van der Waals surface area contributed by atoms with Crippen LogP contribution in [0.1, 0.15) is 50.5 Å². The summed E-state index contributed by atoms with van der Waals surface area (Å²) in [7, 11) is 5.93. The summed E-state index contributed by atoms with van der Waals surface area (Å²) in [6, 6.07) is 6.06. The lowest BCUT2D eigenvalue weighted by Crippen LogP contribution is -2.49. The van der Waals surface area contributed by atoms with Crippen LogP contribution in [-0.2, 0) is 20.9 Å². The molecule has 0 aliphatic rings. The molecule has 0 saturated carbocycles. The Morgan fingerprint density at radius 3 is 2.48 bits per heavy atom. The molecule has 29 heavy (non-hydrogen) atoms. The minimum Gasteiger partial charge on any atom is -0.481 e. The lowest BCUT2D eigenvalue weighted by atomic mass is 10.1. The molecule has 1 amide bonds. The van der Waals surface area contributed by atoms with Crippen LogP contribution in [0, 0.1) is 5.82 Å². The van der Waals surface area contributed by atoms with Crippen molar-refractivity contribution < 1.29 is 28.3 Å². The number of hydrogen-bond acceptors (Lipinski definition) is 3. The third kappa shape index (κ3) is 13.8. The van der Waals surface area contributed by atoms with E-state index in [0.29, 0.717) is 30.7 Å². The molecular weight excluding hydrogens is 375 g/mol. The van der Waals surface area contributed by atoms with E-state index in [1.54, 1.807) is 6.07 Å². The van der Waals surface area contributed by atoms with Gasteiger partial charge in [-0.15, -0.1) is 0 Å². The second-order valence-corrected chi connectivity index (χ2v) is 8.54. The van der Waals surface area contributed by atoms with Gasteiger partial charge in [0.2, 0.25) is 5.91 Å². The molecule has 0 bridgehead atoms. The number of benzene rings is 1. The predicted octanol–water partition coefficient (Wildman–Crippen LogP) is 3.35. The van der Waals surface area contributed by atoms with Gasteiger partial charge in [0.05, 0.1) is 46.8 Å². The van der Waals surface area contributed by atoms with Gasteiger partial charge in [0.1, 0.15) is 5.82 Å². The van der Waals surface area contributed by atoms with Crippen LogP contribution in [0.15, 0.2) is 24.3 Å². The summed E-state index contributed by atoms with van der Waals surface area (Å²) in [6.45, 7) is 1.63. The zero-order valence-corrected chi connectivity index (χ0v) is 18.0. The Morgan fingerprint density at radius 1 is 1.14 bits per heavy atom. The number of quaternary nitrogens is 1. The molecule has 0 heterocycles. The van der Waals surface area contributed by atoms with Crippen LogP contribution in [0.5, 0.6) is 0 Å². The van der Waals surface area contributed by atoms with Crippen molar-refractivity contribution in [1.29, 1.82) is 0 Å². The molecule has 0 spiro atoms. The number of ether oxygens (including phenoxy) is 1. The summed E-state index contributed by atoms with van der Waals surface area (Å²) in [6.07, 6.45) is 5.09. The van der Waals surface area contributed by atoms with Crippen molar-refractivity contribution in [1.82, 2.24) is 5.32 Å². The molecule has 0 saturated heterocycles. The summed E-state index contributed by atoms with van der Waals surface area (Å²) >= 11 is 0. The van der Waals surface area contributed by atoms with E-state index in [4.69, 9.17) is 9.84 Å². The van der Waals surface area contributed by atoms with Crippen molar-refractivity contribution in [2.24, 2.45) is 0 Å². The van der Waals surface area contributed by atoms with Crippen LogP contribution in [0.4, 0.5) is 4.39 Å². The van der Waals surface area contributed by atoms with E-state index in [-0.39, 0.29) is 24.2 Å². The quantitative estimate of drug-likeness (QED) is 0.343. The van der Waals surface area contributed by atoms with Crippen LogP contribution in [0.2, 0.25) is 0 Å². The number of rotatable bonds is 15. The maximum Gasteiger partial charge on any atom is 0.305 e. The van der Waals surface area contributed by atoms with Gasteiger partial charge in [-0.3, -0.25) is 9.59 Å². The Morgan fingerprint density at radius 2 is 1.83 bits per heavy atom. The lowest BCUT2D eigenvalue weighted by Gasteiger charge is -2.29. The molecule has 6 nitrogen and oxygen atoms in total. The number of carbonyl (C=O) groups is 2. The summed E-state index contributed by atoms with van der Waals surface area (Å²) in [5.41, 5.74) is 0.836. The van der Waals surface area contributed by atoms with E-state index in [9.17, 15) is 14.0 Å². The smallest absolute Gasteiger partial charge is 0.305 e. The summed E-state index contributed by atoms with van der Waals surface area (Å²) in [5.74, 6) is -1.23. The van der Waals surface area contributed by atoms with Crippen molar-refractivity contribution in [3.05, 3.63) is 35.6 Å². The highest BCUT2D eigenvalue weighted by atomic mass is 19.1. The third-order valence-electron chi connectivity index (χ3n) is 4.40. The first kappa shape index (κ1) is 25.0. The standard InChI is InChI=1S/C22H35FN2O4/c1-25(2,3)16-20(15-22(27)28)24-21(26)12-7-5-4-6-8-13-29-17-18-10-9-11-19(23)14-18/h9-11,14,20H,4-8,12-13,15-17H2,1-3H3,(H-,24,26,27,28)/p+1/t20-/m1/s1. The molecule has 0 aromatic heterocycles. The van der Waals surface area contributed by atoms with Gasteiger partial charge in [-0.1, -0.05) is 31.4 Å². The van der Waals surface area contributed by atoms with E-state index in [2.05, 4.69) is 5.32 Å². The number of halogens is 1. The normalized spacial score (nSPS) is 12.6. The minimum atomic E-state index is -0.900. The van der Waals surface area contributed by atoms with Gasteiger partial charge in [0.15, 0.2) is 0 Å². The highest BCUT2D eigenvalue weighted by Gasteiger charge is 2.22. The first-order valence-corrected chi connectivity index (χ1v) is 10.3. The van der Waals surface area contributed by atoms with Crippen molar-refractivity contribution in [2.45, 2.75) is 57.6 Å². The van der Waals surface area contributed by atoms with Gasteiger partial charge in [-0.05, 0) is 30.5 Å². The molecule has 164 valence electrons. The molecule has 1 atom stereocenters. The van der Waals surface area contributed by atoms with Crippen molar-refractivity contribution in [3.63, 3.8) is 0 Å². The largest absolute Gasteiger partial charge is 0.481 e. The molecular formula is C22H36FN2O4+. The first-order valence-electron chi connectivity index (χ1n) is 10.3. The molecule has 1 aromatic rings. The second kappa shape index (κ2) is 13.3. The molecule has 0 fully saturated rings. The number of carboxylic acid groups (broad SMARTS) is 1. The number of likely N-dealkylation sites (N-methyl/N-ethyl adjacent to an activating group) is 1. The number of hydrogen-bond donors (Lipinski definition) is 2. The molecule has 2 N–H and O–H groups in total. The number of unbranched alkanes of at least 4 members (excludes halogenated alkanes) is 4. The average Bonchev–Trinajstić information content (AvgIpc) is 2.58. The van der Waals surface area contributed by atoms with Crippen molar-refractivity contribution >= 4 is 11.9 Å². The predicted molar refractivity (Wildman–Crippen MR) is 111 cm³/mol. The van der Waals surface area contributed by atoms with Crippen molar-refractivity contribution in [2.75, 3.05) is 34.3 Å². The van der Waals surface area contributed by atoms with Gasteiger partial charge >= 0.3 is 5.97 Å². The second-order valence-electron chi connectivity index (χ2n) is 8.54. The number of nitrogens with one attached hydrogen (secondary N) is 1. The Labute approximate surface area is 173 Å². The molecule has 0 aliphatic carbocycles. The van der Waals surface area contributed by atoms with Gasteiger partial charge in [0.25, 0.3) is 0 Å². The Kier molecular flexibility index (Phi) is 11.5. The van der Waals surface area contributed by atoms with E-state index < -0.39 is 5.97 Å². The Hall–Kier alpha value is -1.99. The Balaban J connectivity index is 2.08. The maximum absolute atomic E-state index is 13.1. The minimum absolute atomic E-state index is 0.0586. The molecule has 1 rings (SSSR count). The first-order chi connectivity index (χ1) is 13.7. The lowest BCUT2D eigenvalue weighted by molar-refractivity contribution is -0.871. The molecule has 7 heteroatoms. The number of aliphatic carboxylic acids is 1. The molecule has 1 aromatic carbocycles. The number of amides is 1. The third-order valence-corrected chi connectivity index (χ3v) is 4.40. The fourth-order valence-corrected chi connectivity index (χ4v) is 3.17. The van der Waals surface area contributed by atoms with Gasteiger partial charge in [-0.2, -0.15) is 0 Å². The van der Waals surface area contributed by atoms with E-state index in [1.165, 1.54) is 12.1 Å². The molecule has 0 aliphatic heterocycles.